The van der Waals surface area contributed by atoms with Crippen molar-refractivity contribution in [3.05, 3.63) is 88.2 Å². The van der Waals surface area contributed by atoms with Crippen LogP contribution >= 0.6 is 15.9 Å². The van der Waals surface area contributed by atoms with Gasteiger partial charge in [0.15, 0.2) is 0 Å². The zero-order valence-electron chi connectivity index (χ0n) is 17.9. The largest absolute Gasteiger partial charge is 0.673 e. The summed E-state index contributed by atoms with van der Waals surface area (Å²) in [4.78, 5) is 3.55. The van der Waals surface area contributed by atoms with Crippen molar-refractivity contribution in [1.29, 1.82) is 0 Å². The average Bonchev–Trinajstić information content (AvgIpc) is 2.79. The summed E-state index contributed by atoms with van der Waals surface area (Å²) < 4.78 is 51.6. The first-order valence-corrected chi connectivity index (χ1v) is 10.9. The second-order valence-corrected chi connectivity index (χ2v) is 7.98. The summed E-state index contributed by atoms with van der Waals surface area (Å²) in [5.74, 6) is 1.63. The van der Waals surface area contributed by atoms with E-state index in [0.29, 0.717) is 0 Å². The first-order valence-electron chi connectivity index (χ1n) is 10.1. The van der Waals surface area contributed by atoms with Crippen LogP contribution in [0.15, 0.2) is 81.7 Å². The molecule has 0 aliphatic heterocycles. The molecule has 1 heterocycles. The van der Waals surface area contributed by atoms with Crippen LogP contribution < -0.4 is 15.1 Å². The van der Waals surface area contributed by atoms with E-state index < -0.39 is 7.25 Å². The Hall–Kier alpha value is -3.07. The molecular weight excluding hydrogens is 501 g/mol. The molecule has 3 aromatic carbocycles. The molecule has 3 nitrogen and oxygen atoms in total. The maximum absolute atomic E-state index is 9.75. The molecule has 172 valence electrons. The van der Waals surface area contributed by atoms with Gasteiger partial charge in [-0.25, -0.2) is 4.99 Å². The fraction of sp³-hybridized carbons (Fsp3) is 0.125. The molecule has 0 atom stereocenters. The Balaban J connectivity index is 0.000000555. The monoisotopic (exact) mass is 521 g/mol. The molecule has 0 aliphatic carbocycles. The predicted octanol–water partition coefficient (Wildman–Crippen LogP) is 6.05. The first kappa shape index (κ1) is 24.6. The lowest BCUT2D eigenvalue weighted by atomic mass is 10.1. The molecule has 0 amide bonds. The van der Waals surface area contributed by atoms with Gasteiger partial charge in [0, 0.05) is 22.2 Å². The number of fused-ring (bicyclic) bond motifs is 1. The summed E-state index contributed by atoms with van der Waals surface area (Å²) >= 11 is 3.49. The molecule has 1 aromatic heterocycles. The van der Waals surface area contributed by atoms with Crippen molar-refractivity contribution >= 4 is 39.8 Å². The van der Waals surface area contributed by atoms with Gasteiger partial charge < -0.3 is 26.4 Å². The Bertz CT molecular complexity index is 1280. The van der Waals surface area contributed by atoms with E-state index in [1.807, 2.05) is 42.5 Å². The first-order chi connectivity index (χ1) is 15.7. The number of hydrogen-bond donors (Lipinski definition) is 1. The third-order valence-electron chi connectivity index (χ3n) is 4.74. The number of rotatable bonds is 4. The number of nitrogens with one attached hydrogen (secondary N) is 1. The molecule has 33 heavy (non-hydrogen) atoms. The Labute approximate surface area is 197 Å². The van der Waals surface area contributed by atoms with Crippen LogP contribution in [0.4, 0.5) is 23.0 Å². The maximum Gasteiger partial charge on any atom is 0.673 e. The molecule has 4 rings (SSSR count). The van der Waals surface area contributed by atoms with Gasteiger partial charge in [-0.15, -0.1) is 0 Å². The van der Waals surface area contributed by atoms with E-state index in [9.17, 15) is 17.3 Å². The second-order valence-electron chi connectivity index (χ2n) is 7.06. The van der Waals surface area contributed by atoms with Crippen molar-refractivity contribution in [2.45, 2.75) is 13.3 Å². The number of methoxy groups -OCH3 is 1. The van der Waals surface area contributed by atoms with Crippen molar-refractivity contribution < 1.29 is 31.4 Å². The minimum atomic E-state index is -6.00. The van der Waals surface area contributed by atoms with Gasteiger partial charge in [0.05, 0.1) is 18.6 Å². The Morgan fingerprint density at radius 1 is 0.909 bits per heavy atom. The summed E-state index contributed by atoms with van der Waals surface area (Å²) in [6, 6.07) is 24.5. The van der Waals surface area contributed by atoms with E-state index in [4.69, 9.17) is 9.15 Å². The molecule has 9 heteroatoms. The third-order valence-corrected chi connectivity index (χ3v) is 5.26. The van der Waals surface area contributed by atoms with E-state index in [-0.39, 0.29) is 0 Å². The van der Waals surface area contributed by atoms with Crippen LogP contribution in [0, 0.1) is 0 Å². The van der Waals surface area contributed by atoms with Crippen molar-refractivity contribution in [3.63, 3.8) is 0 Å². The minimum absolute atomic E-state index is 0.805. The quantitative estimate of drug-likeness (QED) is 0.262. The molecule has 0 saturated heterocycles. The van der Waals surface area contributed by atoms with E-state index >= 15 is 0 Å². The second kappa shape index (κ2) is 10.7. The minimum Gasteiger partial charge on any atom is -0.497 e. The van der Waals surface area contributed by atoms with Gasteiger partial charge in [-0.05, 0) is 60.5 Å². The highest BCUT2D eigenvalue weighted by Gasteiger charge is 2.20. The van der Waals surface area contributed by atoms with Gasteiger partial charge in [0.1, 0.15) is 17.1 Å². The third kappa shape index (κ3) is 7.22. The van der Waals surface area contributed by atoms with Gasteiger partial charge in [-0.2, -0.15) is 0 Å². The van der Waals surface area contributed by atoms with Gasteiger partial charge in [-0.1, -0.05) is 28.9 Å². The molecule has 0 spiro atoms. The lowest BCUT2D eigenvalue weighted by Gasteiger charge is -2.06. The fourth-order valence-corrected chi connectivity index (χ4v) is 3.41. The van der Waals surface area contributed by atoms with E-state index in [1.54, 1.807) is 7.11 Å². The van der Waals surface area contributed by atoms with Crippen LogP contribution in [-0.2, 0) is 6.42 Å². The molecule has 0 bridgehead atoms. The van der Waals surface area contributed by atoms with Gasteiger partial charge in [0.2, 0.25) is 11.0 Å². The van der Waals surface area contributed by atoms with Crippen LogP contribution in [0.1, 0.15) is 12.5 Å². The SMILES string of the molecule is CCc1ccc2oc(-c3ccc(OC)cc3)cc(=[NH+]c3ccc(Br)cc3)c2c1.F[B-](F)(F)F. The van der Waals surface area contributed by atoms with Crippen LogP contribution in [0.3, 0.4) is 0 Å². The smallest absolute Gasteiger partial charge is 0.497 e. The summed E-state index contributed by atoms with van der Waals surface area (Å²) in [6.45, 7) is 2.16. The molecule has 0 saturated carbocycles. The van der Waals surface area contributed by atoms with Gasteiger partial charge in [0.25, 0.3) is 0 Å². The number of aryl methyl sites for hydroxylation is 1. The molecular formula is C24H21BBrF4NO2. The number of halogens is 5. The lowest BCUT2D eigenvalue weighted by molar-refractivity contribution is -0.400. The van der Waals surface area contributed by atoms with E-state index in [0.717, 1.165) is 50.0 Å². The van der Waals surface area contributed by atoms with Crippen LogP contribution in [0.25, 0.3) is 22.3 Å². The topological polar surface area (TPSA) is 36.3 Å². The predicted molar refractivity (Wildman–Crippen MR) is 126 cm³/mol. The van der Waals surface area contributed by atoms with Crippen molar-refractivity contribution in [1.82, 2.24) is 0 Å². The highest BCUT2D eigenvalue weighted by atomic mass is 79.9. The van der Waals surface area contributed by atoms with Crippen molar-refractivity contribution in [2.24, 2.45) is 0 Å². The molecule has 1 N–H and O–H groups in total. The van der Waals surface area contributed by atoms with Crippen LogP contribution in [-0.4, -0.2) is 14.4 Å². The Morgan fingerprint density at radius 3 is 2.12 bits per heavy atom. The zero-order chi connectivity index (χ0) is 24.0. The lowest BCUT2D eigenvalue weighted by Crippen LogP contribution is -2.70. The number of benzene rings is 3. The van der Waals surface area contributed by atoms with Gasteiger partial charge in [-0.3, -0.25) is 0 Å². The van der Waals surface area contributed by atoms with Crippen LogP contribution in [0.2, 0.25) is 0 Å². The molecule has 0 unspecified atom stereocenters. The van der Waals surface area contributed by atoms with E-state index in [2.05, 4.69) is 58.2 Å². The number of ether oxygens (including phenoxy) is 1. The highest BCUT2D eigenvalue weighted by molar-refractivity contribution is 9.10. The normalized spacial score (nSPS) is 11.8. The molecule has 0 radical (unpaired) electrons. The van der Waals surface area contributed by atoms with Crippen LogP contribution in [0.5, 0.6) is 5.75 Å². The summed E-state index contributed by atoms with van der Waals surface area (Å²) in [6.07, 6.45) is 0.980. The van der Waals surface area contributed by atoms with Crippen molar-refractivity contribution in [3.8, 4) is 17.1 Å². The Morgan fingerprint density at radius 2 is 1.55 bits per heavy atom. The average molecular weight is 522 g/mol. The molecule has 0 fully saturated rings. The summed E-state index contributed by atoms with van der Waals surface area (Å²) in [5.41, 5.74) is 4.16. The molecule has 0 aliphatic rings. The van der Waals surface area contributed by atoms with Gasteiger partial charge >= 0.3 is 7.25 Å². The molecule has 4 aromatic rings. The summed E-state index contributed by atoms with van der Waals surface area (Å²) in [7, 11) is -4.33. The maximum atomic E-state index is 9.75. The number of hydrogen-bond acceptors (Lipinski definition) is 2. The van der Waals surface area contributed by atoms with Crippen molar-refractivity contribution in [2.75, 3.05) is 7.11 Å². The standard InChI is InChI=1S/C24H20BrNO2.BF4/c1-3-16-4-13-23-21(14-16)22(26-19-9-7-18(25)8-10-19)15-24(28-23)17-5-11-20(27-2)12-6-17;2-1(3,4)5/h4-15H,3H2,1-2H3;/q;-1/p+1. The summed E-state index contributed by atoms with van der Waals surface area (Å²) in [5, 5.41) is 2.09. The van der Waals surface area contributed by atoms with E-state index in [1.165, 1.54) is 5.56 Å². The fourth-order valence-electron chi connectivity index (χ4n) is 3.14. The highest BCUT2D eigenvalue weighted by Crippen LogP contribution is 2.24. The Kier molecular flexibility index (Phi) is 7.97. The zero-order valence-corrected chi connectivity index (χ0v) is 19.5.